The summed E-state index contributed by atoms with van der Waals surface area (Å²) in [5.74, 6) is 0.677. The Morgan fingerprint density at radius 1 is 1.00 bits per heavy atom. The maximum absolute atomic E-state index is 12.5. The second-order valence-electron chi connectivity index (χ2n) is 8.41. The van der Waals surface area contributed by atoms with E-state index in [4.69, 9.17) is 4.74 Å². The molecule has 1 aliphatic rings. The van der Waals surface area contributed by atoms with Crippen LogP contribution in [0.4, 0.5) is 5.82 Å². The van der Waals surface area contributed by atoms with Crippen molar-refractivity contribution in [1.82, 2.24) is 14.5 Å². The highest BCUT2D eigenvalue weighted by molar-refractivity contribution is 5.69. The number of unbranched alkanes of at least 4 members (excludes halogenated alkanes) is 4. The van der Waals surface area contributed by atoms with E-state index in [0.29, 0.717) is 13.0 Å². The molecule has 176 valence electrons. The van der Waals surface area contributed by atoms with Crippen molar-refractivity contribution in [2.24, 2.45) is 0 Å². The van der Waals surface area contributed by atoms with Crippen LogP contribution < -0.4 is 4.90 Å². The quantitative estimate of drug-likeness (QED) is 0.383. The van der Waals surface area contributed by atoms with Crippen LogP contribution in [0.5, 0.6) is 11.8 Å². The van der Waals surface area contributed by atoms with Crippen LogP contribution in [0.1, 0.15) is 45.4 Å². The Kier molecular flexibility index (Phi) is 9.22. The number of esters is 1. The van der Waals surface area contributed by atoms with Gasteiger partial charge in [0.05, 0.1) is 6.54 Å². The van der Waals surface area contributed by atoms with E-state index in [-0.39, 0.29) is 24.3 Å². The molecule has 0 aliphatic carbocycles. The molecular formula is C24H36N4O4. The summed E-state index contributed by atoms with van der Waals surface area (Å²) in [6, 6.07) is 8.79. The molecule has 1 saturated heterocycles. The fourth-order valence-electron chi connectivity index (χ4n) is 4.08. The standard InChI is InChI=1S/C24H36N4O4/c1-2-3-4-5-6-10-24(31)32-20(19-28-22(29)11-12-23(28)30)18-26-14-16-27(17-15-26)21-9-7-8-13-25-21/h7-9,11-13,20,29-30H,2-6,10,14-19H2,1H3. The first-order chi connectivity index (χ1) is 15.6. The van der Waals surface area contributed by atoms with Crippen molar-refractivity contribution < 1.29 is 19.7 Å². The Morgan fingerprint density at radius 3 is 2.38 bits per heavy atom. The summed E-state index contributed by atoms with van der Waals surface area (Å²) in [6.07, 6.45) is 7.10. The lowest BCUT2D eigenvalue weighted by molar-refractivity contribution is -0.151. The zero-order valence-electron chi connectivity index (χ0n) is 19.0. The molecule has 2 aromatic rings. The molecule has 0 amide bonds. The predicted molar refractivity (Wildman–Crippen MR) is 124 cm³/mol. The van der Waals surface area contributed by atoms with Crippen molar-refractivity contribution in [2.75, 3.05) is 37.6 Å². The number of carbonyl (C=O) groups is 1. The Morgan fingerprint density at radius 2 is 1.72 bits per heavy atom. The first-order valence-electron chi connectivity index (χ1n) is 11.7. The van der Waals surface area contributed by atoms with Crippen molar-refractivity contribution in [3.63, 3.8) is 0 Å². The van der Waals surface area contributed by atoms with Gasteiger partial charge in [0.2, 0.25) is 0 Å². The molecule has 2 aromatic heterocycles. The highest BCUT2D eigenvalue weighted by Gasteiger charge is 2.24. The topological polar surface area (TPSA) is 91.1 Å². The van der Waals surface area contributed by atoms with E-state index in [2.05, 4.69) is 21.7 Å². The number of aromatic nitrogens is 2. The monoisotopic (exact) mass is 444 g/mol. The van der Waals surface area contributed by atoms with Gasteiger partial charge in [-0.05, 0) is 18.6 Å². The fourth-order valence-corrected chi connectivity index (χ4v) is 4.08. The second kappa shape index (κ2) is 12.3. The lowest BCUT2D eigenvalue weighted by Crippen LogP contribution is -2.49. The van der Waals surface area contributed by atoms with Crippen molar-refractivity contribution in [3.8, 4) is 11.8 Å². The first-order valence-corrected chi connectivity index (χ1v) is 11.7. The number of hydrogen-bond donors (Lipinski definition) is 2. The van der Waals surface area contributed by atoms with Crippen molar-refractivity contribution in [1.29, 1.82) is 0 Å². The highest BCUT2D eigenvalue weighted by Crippen LogP contribution is 2.23. The van der Waals surface area contributed by atoms with Gasteiger partial charge in [0, 0.05) is 57.5 Å². The third-order valence-corrected chi connectivity index (χ3v) is 5.91. The number of carbonyl (C=O) groups excluding carboxylic acids is 1. The van der Waals surface area contributed by atoms with E-state index in [0.717, 1.165) is 51.3 Å². The Hall–Kier alpha value is -2.74. The molecule has 8 heteroatoms. The molecule has 0 spiro atoms. The van der Waals surface area contributed by atoms with Crippen LogP contribution >= 0.6 is 0 Å². The van der Waals surface area contributed by atoms with Crippen molar-refractivity contribution in [3.05, 3.63) is 36.5 Å². The van der Waals surface area contributed by atoms with Crippen LogP contribution in [-0.2, 0) is 16.1 Å². The fraction of sp³-hybridized carbons (Fsp3) is 0.583. The van der Waals surface area contributed by atoms with Gasteiger partial charge in [-0.25, -0.2) is 4.98 Å². The molecule has 1 fully saturated rings. The largest absolute Gasteiger partial charge is 0.494 e. The normalized spacial score (nSPS) is 15.6. The number of hydrogen-bond acceptors (Lipinski definition) is 7. The average Bonchev–Trinajstić information content (AvgIpc) is 3.12. The van der Waals surface area contributed by atoms with Gasteiger partial charge in [-0.2, -0.15) is 0 Å². The van der Waals surface area contributed by atoms with Gasteiger partial charge in [0.15, 0.2) is 11.8 Å². The number of rotatable bonds is 12. The lowest BCUT2D eigenvalue weighted by atomic mass is 10.1. The van der Waals surface area contributed by atoms with Crippen LogP contribution in [0, 0.1) is 0 Å². The molecule has 0 bridgehead atoms. The summed E-state index contributed by atoms with van der Waals surface area (Å²) in [7, 11) is 0. The second-order valence-corrected chi connectivity index (χ2v) is 8.41. The summed E-state index contributed by atoms with van der Waals surface area (Å²) in [6.45, 7) is 6.27. The minimum atomic E-state index is -0.455. The Labute approximate surface area is 190 Å². The van der Waals surface area contributed by atoms with E-state index in [1.54, 1.807) is 6.20 Å². The number of piperazine rings is 1. The first kappa shape index (κ1) is 23.9. The summed E-state index contributed by atoms with van der Waals surface area (Å²) < 4.78 is 7.18. The molecular weight excluding hydrogens is 408 g/mol. The molecule has 1 aliphatic heterocycles. The molecule has 1 atom stereocenters. The number of pyridine rings is 1. The summed E-state index contributed by atoms with van der Waals surface area (Å²) in [5, 5.41) is 20.1. The minimum Gasteiger partial charge on any atom is -0.494 e. The molecule has 0 aromatic carbocycles. The zero-order chi connectivity index (χ0) is 22.8. The minimum absolute atomic E-state index is 0.0388. The molecule has 3 rings (SSSR count). The van der Waals surface area contributed by atoms with E-state index in [9.17, 15) is 15.0 Å². The van der Waals surface area contributed by atoms with Gasteiger partial charge in [0.1, 0.15) is 11.9 Å². The van der Waals surface area contributed by atoms with Crippen molar-refractivity contribution >= 4 is 11.8 Å². The summed E-state index contributed by atoms with van der Waals surface area (Å²) >= 11 is 0. The van der Waals surface area contributed by atoms with Crippen LogP contribution in [0.25, 0.3) is 0 Å². The van der Waals surface area contributed by atoms with Gasteiger partial charge in [0.25, 0.3) is 0 Å². The average molecular weight is 445 g/mol. The van der Waals surface area contributed by atoms with Gasteiger partial charge in [-0.3, -0.25) is 14.3 Å². The summed E-state index contributed by atoms with van der Waals surface area (Å²) in [5.41, 5.74) is 0. The molecule has 0 saturated carbocycles. The molecule has 1 unspecified atom stereocenters. The smallest absolute Gasteiger partial charge is 0.306 e. The molecule has 0 radical (unpaired) electrons. The number of ether oxygens (including phenoxy) is 1. The van der Waals surface area contributed by atoms with Crippen molar-refractivity contribution in [2.45, 2.75) is 58.1 Å². The van der Waals surface area contributed by atoms with Crippen LogP contribution in [0.3, 0.4) is 0 Å². The molecule has 2 N–H and O–H groups in total. The van der Waals surface area contributed by atoms with Gasteiger partial charge in [-0.15, -0.1) is 0 Å². The van der Waals surface area contributed by atoms with E-state index in [1.165, 1.54) is 29.5 Å². The van der Waals surface area contributed by atoms with Gasteiger partial charge >= 0.3 is 5.97 Å². The number of anilines is 1. The molecule has 8 nitrogen and oxygen atoms in total. The van der Waals surface area contributed by atoms with E-state index < -0.39 is 6.10 Å². The third kappa shape index (κ3) is 7.15. The predicted octanol–water partition coefficient (Wildman–Crippen LogP) is 3.39. The van der Waals surface area contributed by atoms with Gasteiger partial charge in [-0.1, -0.05) is 38.7 Å². The number of aromatic hydroxyl groups is 2. The molecule has 32 heavy (non-hydrogen) atoms. The van der Waals surface area contributed by atoms with E-state index >= 15 is 0 Å². The van der Waals surface area contributed by atoms with Crippen LogP contribution in [-0.4, -0.2) is 69.5 Å². The maximum atomic E-state index is 12.5. The third-order valence-electron chi connectivity index (χ3n) is 5.91. The zero-order valence-corrected chi connectivity index (χ0v) is 19.0. The van der Waals surface area contributed by atoms with E-state index in [1.807, 2.05) is 18.2 Å². The van der Waals surface area contributed by atoms with Gasteiger partial charge < -0.3 is 19.8 Å². The number of nitrogens with zero attached hydrogens (tertiary/aromatic N) is 4. The maximum Gasteiger partial charge on any atom is 0.306 e. The lowest BCUT2D eigenvalue weighted by Gasteiger charge is -2.36. The Bertz CT molecular complexity index is 799. The van der Waals surface area contributed by atoms with Crippen LogP contribution in [0.2, 0.25) is 0 Å². The van der Waals surface area contributed by atoms with Crippen LogP contribution in [0.15, 0.2) is 36.5 Å². The summed E-state index contributed by atoms with van der Waals surface area (Å²) in [4.78, 5) is 21.4. The molecule has 3 heterocycles. The highest BCUT2D eigenvalue weighted by atomic mass is 16.5. The Balaban J connectivity index is 1.54. The SMILES string of the molecule is CCCCCCCC(=O)OC(CN1CCN(c2ccccn2)CC1)Cn1c(O)ccc1O.